The highest BCUT2D eigenvalue weighted by Crippen LogP contribution is 2.26. The number of rotatable bonds is 9. The van der Waals surface area contributed by atoms with Crippen LogP contribution in [-0.2, 0) is 9.59 Å². The summed E-state index contributed by atoms with van der Waals surface area (Å²) in [6.07, 6.45) is 3.46. The van der Waals surface area contributed by atoms with Gasteiger partial charge < -0.3 is 20.9 Å². The second kappa shape index (κ2) is 12.8. The number of benzene rings is 4. The minimum absolute atomic E-state index is 0.0974. The second-order valence-corrected chi connectivity index (χ2v) is 10.7. The number of anilines is 2. The molecule has 3 amide bonds. The maximum Gasteiger partial charge on any atom is 0.272 e. The van der Waals surface area contributed by atoms with Crippen molar-refractivity contribution in [1.29, 1.82) is 0 Å². The van der Waals surface area contributed by atoms with E-state index in [1.165, 1.54) is 11.8 Å². The number of carbonyl (C=O) groups is 3. The quantitative estimate of drug-likeness (QED) is 0.119. The molecule has 0 radical (unpaired) electrons. The number of hydrogen-bond donors (Lipinski definition) is 4. The van der Waals surface area contributed by atoms with Crippen LogP contribution in [0.25, 0.3) is 17.0 Å². The summed E-state index contributed by atoms with van der Waals surface area (Å²) in [6, 6.07) is 33.0. The highest BCUT2D eigenvalue weighted by molar-refractivity contribution is 8.00. The van der Waals surface area contributed by atoms with Crippen molar-refractivity contribution in [3.05, 3.63) is 132 Å². The van der Waals surface area contributed by atoms with E-state index in [1.807, 2.05) is 79.7 Å². The average molecular weight is 561 g/mol. The fraction of sp³-hybridized carbons (Fsp3) is 0.0606. The Labute approximate surface area is 242 Å². The van der Waals surface area contributed by atoms with E-state index in [-0.39, 0.29) is 22.8 Å². The van der Waals surface area contributed by atoms with Gasteiger partial charge in [0, 0.05) is 44.5 Å². The van der Waals surface area contributed by atoms with Crippen LogP contribution in [0, 0.1) is 0 Å². The Hall–Kier alpha value is -5.08. The number of H-pyrrole nitrogens is 1. The SMILES string of the molecule is C[C@H](Sc1ccc(NC(=O)/C(=C/c2c[nH]c3ccccc23)NC(=O)c2ccccc2)cc1)C(=O)Nc1ccccc1. The molecule has 1 aromatic heterocycles. The largest absolute Gasteiger partial charge is 0.361 e. The van der Waals surface area contributed by atoms with Crippen LogP contribution in [0.5, 0.6) is 0 Å². The van der Waals surface area contributed by atoms with Gasteiger partial charge in [0.05, 0.1) is 5.25 Å². The summed E-state index contributed by atoms with van der Waals surface area (Å²) in [5, 5.41) is 9.16. The molecular formula is C33H28N4O3S. The predicted octanol–water partition coefficient (Wildman–Crippen LogP) is 6.70. The second-order valence-electron chi connectivity index (χ2n) is 9.26. The summed E-state index contributed by atoms with van der Waals surface area (Å²) in [6.45, 7) is 1.84. The first-order valence-electron chi connectivity index (χ1n) is 13.0. The molecule has 1 heterocycles. The third-order valence-electron chi connectivity index (χ3n) is 6.29. The number of nitrogens with one attached hydrogen (secondary N) is 4. The topological polar surface area (TPSA) is 103 Å². The summed E-state index contributed by atoms with van der Waals surface area (Å²) in [5.74, 6) is -0.947. The smallest absolute Gasteiger partial charge is 0.272 e. The Morgan fingerprint density at radius 2 is 1.39 bits per heavy atom. The molecule has 5 aromatic rings. The van der Waals surface area contributed by atoms with E-state index in [0.29, 0.717) is 11.3 Å². The maximum atomic E-state index is 13.4. The van der Waals surface area contributed by atoms with E-state index in [4.69, 9.17) is 0 Å². The molecule has 0 fully saturated rings. The zero-order valence-electron chi connectivity index (χ0n) is 22.3. The number of carbonyl (C=O) groups excluding carboxylic acids is 3. The van der Waals surface area contributed by atoms with Crippen LogP contribution < -0.4 is 16.0 Å². The third-order valence-corrected chi connectivity index (χ3v) is 7.40. The third kappa shape index (κ3) is 7.12. The molecule has 1 atom stereocenters. The van der Waals surface area contributed by atoms with Crippen LogP contribution >= 0.6 is 11.8 Å². The Kier molecular flexibility index (Phi) is 8.61. The lowest BCUT2D eigenvalue weighted by atomic mass is 10.1. The van der Waals surface area contributed by atoms with Gasteiger partial charge >= 0.3 is 0 Å². The van der Waals surface area contributed by atoms with Crippen molar-refractivity contribution in [2.45, 2.75) is 17.1 Å². The maximum absolute atomic E-state index is 13.4. The van der Waals surface area contributed by atoms with Crippen molar-refractivity contribution in [2.24, 2.45) is 0 Å². The van der Waals surface area contributed by atoms with Crippen molar-refractivity contribution in [2.75, 3.05) is 10.6 Å². The molecule has 4 aromatic carbocycles. The van der Waals surface area contributed by atoms with E-state index < -0.39 is 5.91 Å². The fourth-order valence-corrected chi connectivity index (χ4v) is 5.02. The van der Waals surface area contributed by atoms with Gasteiger partial charge in [-0.15, -0.1) is 11.8 Å². The van der Waals surface area contributed by atoms with Crippen LogP contribution in [0.1, 0.15) is 22.8 Å². The molecule has 7 nitrogen and oxygen atoms in total. The van der Waals surface area contributed by atoms with Gasteiger partial charge in [0.1, 0.15) is 5.70 Å². The van der Waals surface area contributed by atoms with Gasteiger partial charge in [-0.3, -0.25) is 14.4 Å². The first-order chi connectivity index (χ1) is 20.0. The van der Waals surface area contributed by atoms with Gasteiger partial charge in [0.25, 0.3) is 11.8 Å². The first-order valence-corrected chi connectivity index (χ1v) is 13.9. The van der Waals surface area contributed by atoms with E-state index in [1.54, 1.807) is 48.7 Å². The van der Waals surface area contributed by atoms with Crippen LogP contribution in [0.3, 0.4) is 0 Å². The van der Waals surface area contributed by atoms with Crippen molar-refractivity contribution in [3.8, 4) is 0 Å². The van der Waals surface area contributed by atoms with Crippen molar-refractivity contribution >= 4 is 57.8 Å². The monoisotopic (exact) mass is 560 g/mol. The summed E-state index contributed by atoms with van der Waals surface area (Å²) < 4.78 is 0. The molecule has 0 aliphatic rings. The van der Waals surface area contributed by atoms with Crippen LogP contribution in [0.2, 0.25) is 0 Å². The molecule has 4 N–H and O–H groups in total. The molecule has 0 spiro atoms. The number of para-hydroxylation sites is 2. The Balaban J connectivity index is 1.29. The van der Waals surface area contributed by atoms with Gasteiger partial charge in [-0.2, -0.15) is 0 Å². The zero-order valence-corrected chi connectivity index (χ0v) is 23.1. The highest BCUT2D eigenvalue weighted by Gasteiger charge is 2.17. The fourth-order valence-electron chi connectivity index (χ4n) is 4.15. The van der Waals surface area contributed by atoms with Crippen LogP contribution in [0.15, 0.2) is 126 Å². The minimum Gasteiger partial charge on any atom is -0.361 e. The molecule has 5 rings (SSSR count). The lowest BCUT2D eigenvalue weighted by molar-refractivity contribution is -0.115. The number of aromatic amines is 1. The summed E-state index contributed by atoms with van der Waals surface area (Å²) >= 11 is 1.42. The average Bonchev–Trinajstić information content (AvgIpc) is 3.41. The molecule has 0 bridgehead atoms. The molecule has 0 saturated carbocycles. The predicted molar refractivity (Wildman–Crippen MR) is 166 cm³/mol. The molecule has 204 valence electrons. The summed E-state index contributed by atoms with van der Waals surface area (Å²) in [4.78, 5) is 43.0. The number of amides is 3. The van der Waals surface area contributed by atoms with Gasteiger partial charge in [0.15, 0.2) is 0 Å². The Morgan fingerprint density at radius 3 is 2.12 bits per heavy atom. The number of fused-ring (bicyclic) bond motifs is 1. The van der Waals surface area contributed by atoms with Gasteiger partial charge in [-0.1, -0.05) is 54.6 Å². The Bertz CT molecular complexity index is 1700. The van der Waals surface area contributed by atoms with E-state index in [9.17, 15) is 14.4 Å². The number of thioether (sulfide) groups is 1. The van der Waals surface area contributed by atoms with Gasteiger partial charge in [-0.05, 0) is 67.6 Å². The van der Waals surface area contributed by atoms with Gasteiger partial charge in [-0.25, -0.2) is 0 Å². The lowest BCUT2D eigenvalue weighted by Crippen LogP contribution is -2.30. The molecule has 0 saturated heterocycles. The van der Waals surface area contributed by atoms with Crippen molar-refractivity contribution in [3.63, 3.8) is 0 Å². The van der Waals surface area contributed by atoms with Crippen molar-refractivity contribution in [1.82, 2.24) is 10.3 Å². The number of aromatic nitrogens is 1. The Morgan fingerprint density at radius 1 is 0.756 bits per heavy atom. The van der Waals surface area contributed by atoms with E-state index in [0.717, 1.165) is 27.0 Å². The summed E-state index contributed by atoms with van der Waals surface area (Å²) in [5.41, 5.74) is 3.55. The van der Waals surface area contributed by atoms with Crippen molar-refractivity contribution < 1.29 is 14.4 Å². The normalized spacial score (nSPS) is 12.0. The lowest BCUT2D eigenvalue weighted by Gasteiger charge is -2.13. The van der Waals surface area contributed by atoms with Gasteiger partial charge in [0.2, 0.25) is 5.91 Å². The molecule has 41 heavy (non-hydrogen) atoms. The molecule has 8 heteroatoms. The number of hydrogen-bond acceptors (Lipinski definition) is 4. The minimum atomic E-state index is -0.462. The zero-order chi connectivity index (χ0) is 28.6. The molecule has 0 aliphatic heterocycles. The summed E-state index contributed by atoms with van der Waals surface area (Å²) in [7, 11) is 0. The highest BCUT2D eigenvalue weighted by atomic mass is 32.2. The van der Waals surface area contributed by atoms with Crippen LogP contribution in [0.4, 0.5) is 11.4 Å². The molecular weight excluding hydrogens is 532 g/mol. The van der Waals surface area contributed by atoms with E-state index in [2.05, 4.69) is 20.9 Å². The van der Waals surface area contributed by atoms with Crippen LogP contribution in [-0.4, -0.2) is 28.0 Å². The van der Waals surface area contributed by atoms with E-state index >= 15 is 0 Å². The molecule has 0 aliphatic carbocycles. The standard InChI is InChI=1S/C33H28N4O3S/c1-22(31(38)35-25-12-6-3-7-13-25)41-27-18-16-26(17-19-27)36-33(40)30(37-32(39)23-10-4-2-5-11-23)20-24-21-34-29-15-9-8-14-28(24)29/h2-22,34H,1H3,(H,35,38)(H,36,40)(H,37,39)/b30-20-/t22-/m0/s1. The molecule has 0 unspecified atom stereocenters. The first kappa shape index (κ1) is 27.5.